The standard InChI is InChI=1S/C15H16N4S/c1-3-17-14(15-10(2)18-19-20-15)12-6-4-5-11-7-8-16-9-13(11)12/h4-9,14,17H,3H2,1-2H3. The summed E-state index contributed by atoms with van der Waals surface area (Å²) < 4.78 is 4.07. The Kier molecular flexibility index (Phi) is 3.71. The molecule has 0 bridgehead atoms. The number of hydrogen-bond donors (Lipinski definition) is 1. The average Bonchev–Trinajstić information content (AvgIpc) is 2.90. The number of benzene rings is 1. The lowest BCUT2D eigenvalue weighted by Crippen LogP contribution is -2.22. The van der Waals surface area contributed by atoms with Gasteiger partial charge in [-0.15, -0.1) is 5.10 Å². The van der Waals surface area contributed by atoms with Gasteiger partial charge >= 0.3 is 0 Å². The van der Waals surface area contributed by atoms with Crippen LogP contribution in [-0.2, 0) is 0 Å². The third-order valence-electron chi connectivity index (χ3n) is 3.39. The van der Waals surface area contributed by atoms with Gasteiger partial charge in [0, 0.05) is 17.8 Å². The zero-order valence-electron chi connectivity index (χ0n) is 11.5. The summed E-state index contributed by atoms with van der Waals surface area (Å²) >= 11 is 1.46. The molecule has 0 fully saturated rings. The summed E-state index contributed by atoms with van der Waals surface area (Å²) in [6.07, 6.45) is 3.76. The van der Waals surface area contributed by atoms with E-state index in [1.165, 1.54) is 32.7 Å². The van der Waals surface area contributed by atoms with E-state index in [1.807, 2.05) is 25.4 Å². The Labute approximate surface area is 122 Å². The van der Waals surface area contributed by atoms with Gasteiger partial charge in [-0.3, -0.25) is 4.98 Å². The van der Waals surface area contributed by atoms with Crippen LogP contribution in [0.15, 0.2) is 36.7 Å². The van der Waals surface area contributed by atoms with E-state index in [2.05, 4.69) is 45.0 Å². The van der Waals surface area contributed by atoms with Crippen molar-refractivity contribution in [2.45, 2.75) is 19.9 Å². The summed E-state index contributed by atoms with van der Waals surface area (Å²) in [5.74, 6) is 0. The first-order valence-corrected chi connectivity index (χ1v) is 7.43. The number of aryl methyl sites for hydroxylation is 1. The molecule has 0 amide bonds. The molecule has 4 nitrogen and oxygen atoms in total. The Balaban J connectivity index is 2.17. The van der Waals surface area contributed by atoms with Crippen molar-refractivity contribution in [3.8, 4) is 0 Å². The molecule has 1 N–H and O–H groups in total. The van der Waals surface area contributed by atoms with Crippen LogP contribution >= 0.6 is 11.5 Å². The molecular weight excluding hydrogens is 268 g/mol. The Hall–Kier alpha value is -1.85. The lowest BCUT2D eigenvalue weighted by Gasteiger charge is -2.18. The van der Waals surface area contributed by atoms with Crippen molar-refractivity contribution < 1.29 is 0 Å². The molecule has 102 valence electrons. The molecule has 1 atom stereocenters. The second kappa shape index (κ2) is 5.64. The molecule has 0 spiro atoms. The van der Waals surface area contributed by atoms with E-state index in [0.29, 0.717) is 0 Å². The Morgan fingerprint density at radius 1 is 1.30 bits per heavy atom. The van der Waals surface area contributed by atoms with Crippen LogP contribution in [0.25, 0.3) is 10.8 Å². The number of aromatic nitrogens is 3. The molecule has 3 aromatic rings. The van der Waals surface area contributed by atoms with Crippen LogP contribution in [0.2, 0.25) is 0 Å². The second-order valence-corrected chi connectivity index (χ2v) is 5.44. The molecule has 2 aromatic heterocycles. The average molecular weight is 284 g/mol. The number of fused-ring (bicyclic) bond motifs is 1. The predicted octanol–water partition coefficient (Wildman–Crippen LogP) is 3.09. The third-order valence-corrected chi connectivity index (χ3v) is 4.28. The Morgan fingerprint density at radius 3 is 2.95 bits per heavy atom. The van der Waals surface area contributed by atoms with Crippen LogP contribution < -0.4 is 5.32 Å². The molecule has 0 aliphatic heterocycles. The summed E-state index contributed by atoms with van der Waals surface area (Å²) in [6.45, 7) is 5.01. The van der Waals surface area contributed by atoms with Crippen molar-refractivity contribution in [3.05, 3.63) is 52.8 Å². The number of rotatable bonds is 4. The minimum Gasteiger partial charge on any atom is -0.306 e. The zero-order chi connectivity index (χ0) is 13.9. The van der Waals surface area contributed by atoms with Crippen LogP contribution in [0.3, 0.4) is 0 Å². The predicted molar refractivity (Wildman–Crippen MR) is 81.9 cm³/mol. The van der Waals surface area contributed by atoms with Crippen LogP contribution in [0, 0.1) is 6.92 Å². The molecule has 0 saturated carbocycles. The second-order valence-electron chi connectivity index (χ2n) is 4.66. The molecule has 20 heavy (non-hydrogen) atoms. The van der Waals surface area contributed by atoms with Crippen LogP contribution in [0.1, 0.15) is 29.1 Å². The SMILES string of the molecule is CCNC(c1snnc1C)c1cccc2ccncc12. The van der Waals surface area contributed by atoms with Crippen molar-refractivity contribution in [1.82, 2.24) is 19.9 Å². The van der Waals surface area contributed by atoms with Gasteiger partial charge in [0.2, 0.25) is 0 Å². The van der Waals surface area contributed by atoms with Crippen molar-refractivity contribution in [1.29, 1.82) is 0 Å². The molecule has 0 saturated heterocycles. The molecule has 0 aliphatic carbocycles. The fourth-order valence-electron chi connectivity index (χ4n) is 2.44. The lowest BCUT2D eigenvalue weighted by molar-refractivity contribution is 0.639. The number of nitrogens with zero attached hydrogens (tertiary/aromatic N) is 3. The van der Waals surface area contributed by atoms with Gasteiger partial charge in [-0.25, -0.2) is 0 Å². The van der Waals surface area contributed by atoms with Gasteiger partial charge in [0.25, 0.3) is 0 Å². The van der Waals surface area contributed by atoms with Gasteiger partial charge in [-0.05, 0) is 42.0 Å². The summed E-state index contributed by atoms with van der Waals surface area (Å²) in [7, 11) is 0. The summed E-state index contributed by atoms with van der Waals surface area (Å²) in [5.41, 5.74) is 2.22. The zero-order valence-corrected chi connectivity index (χ0v) is 12.3. The van der Waals surface area contributed by atoms with Crippen LogP contribution in [0.5, 0.6) is 0 Å². The van der Waals surface area contributed by atoms with E-state index >= 15 is 0 Å². The summed E-state index contributed by atoms with van der Waals surface area (Å²) in [5, 5.41) is 10.1. The minimum absolute atomic E-state index is 0.118. The number of pyridine rings is 1. The molecule has 1 unspecified atom stereocenters. The normalized spacial score (nSPS) is 12.7. The van der Waals surface area contributed by atoms with Gasteiger partial charge in [0.15, 0.2) is 0 Å². The van der Waals surface area contributed by atoms with Gasteiger partial charge < -0.3 is 5.32 Å². The summed E-state index contributed by atoms with van der Waals surface area (Å²) in [6, 6.07) is 8.51. The van der Waals surface area contributed by atoms with Crippen molar-refractivity contribution in [2.75, 3.05) is 6.54 Å². The van der Waals surface area contributed by atoms with E-state index in [0.717, 1.165) is 12.2 Å². The molecule has 5 heteroatoms. The topological polar surface area (TPSA) is 50.7 Å². The van der Waals surface area contributed by atoms with Gasteiger partial charge in [0.05, 0.1) is 16.6 Å². The number of nitrogens with one attached hydrogen (secondary N) is 1. The molecule has 1 aromatic carbocycles. The smallest absolute Gasteiger partial charge is 0.0776 e. The van der Waals surface area contributed by atoms with E-state index in [1.54, 1.807) is 0 Å². The van der Waals surface area contributed by atoms with E-state index in [-0.39, 0.29) is 6.04 Å². The van der Waals surface area contributed by atoms with Crippen molar-refractivity contribution >= 4 is 22.3 Å². The highest BCUT2D eigenvalue weighted by molar-refractivity contribution is 7.05. The third kappa shape index (κ3) is 2.30. The molecule has 0 radical (unpaired) electrons. The Bertz CT molecular complexity index is 717. The number of hydrogen-bond acceptors (Lipinski definition) is 5. The highest BCUT2D eigenvalue weighted by Crippen LogP contribution is 2.31. The summed E-state index contributed by atoms with van der Waals surface area (Å²) in [4.78, 5) is 5.43. The highest BCUT2D eigenvalue weighted by atomic mass is 32.1. The molecule has 2 heterocycles. The maximum absolute atomic E-state index is 4.26. The van der Waals surface area contributed by atoms with Gasteiger partial charge in [-0.1, -0.05) is 29.6 Å². The maximum Gasteiger partial charge on any atom is 0.0776 e. The van der Waals surface area contributed by atoms with Crippen LogP contribution in [-0.4, -0.2) is 21.1 Å². The largest absolute Gasteiger partial charge is 0.306 e. The monoisotopic (exact) mass is 284 g/mol. The lowest BCUT2D eigenvalue weighted by atomic mass is 9.98. The molecule has 0 aliphatic rings. The van der Waals surface area contributed by atoms with Crippen molar-refractivity contribution in [2.24, 2.45) is 0 Å². The first-order valence-electron chi connectivity index (χ1n) is 6.66. The fraction of sp³-hybridized carbons (Fsp3) is 0.267. The Morgan fingerprint density at radius 2 is 2.20 bits per heavy atom. The first-order chi connectivity index (χ1) is 9.81. The maximum atomic E-state index is 4.26. The fourth-order valence-corrected chi connectivity index (χ4v) is 3.18. The van der Waals surface area contributed by atoms with Gasteiger partial charge in [0.1, 0.15) is 0 Å². The van der Waals surface area contributed by atoms with Crippen LogP contribution in [0.4, 0.5) is 0 Å². The van der Waals surface area contributed by atoms with E-state index in [4.69, 9.17) is 0 Å². The quantitative estimate of drug-likeness (QED) is 0.800. The highest BCUT2D eigenvalue weighted by Gasteiger charge is 2.20. The van der Waals surface area contributed by atoms with E-state index in [9.17, 15) is 0 Å². The first kappa shape index (κ1) is 13.1. The van der Waals surface area contributed by atoms with Gasteiger partial charge in [-0.2, -0.15) is 0 Å². The molecule has 3 rings (SSSR count). The van der Waals surface area contributed by atoms with Crippen molar-refractivity contribution in [3.63, 3.8) is 0 Å². The minimum atomic E-state index is 0.118. The van der Waals surface area contributed by atoms with E-state index < -0.39 is 0 Å². The molecular formula is C15H16N4S.